The lowest BCUT2D eigenvalue weighted by molar-refractivity contribution is 0.830. The normalized spacial score (nSPS) is 17.0. The maximum absolute atomic E-state index is 4.90. The van der Waals surface area contributed by atoms with E-state index < -0.39 is 0 Å². The minimum Gasteiger partial charge on any atom is -0.355 e. The molecule has 0 saturated heterocycles. The summed E-state index contributed by atoms with van der Waals surface area (Å²) >= 11 is 0. The largest absolute Gasteiger partial charge is 0.355 e. The van der Waals surface area contributed by atoms with E-state index in [0.717, 1.165) is 36.7 Å². The maximum atomic E-state index is 4.90. The second kappa shape index (κ2) is 4.83. The Balaban J connectivity index is 1.68. The number of H-pyrrole nitrogens is 1. The van der Waals surface area contributed by atoms with Crippen molar-refractivity contribution in [2.75, 3.05) is 11.9 Å². The zero-order valence-electron chi connectivity index (χ0n) is 12.7. The molecule has 2 heterocycles. The minimum absolute atomic E-state index is 0.610. The molecule has 0 unspecified atom stereocenters. The zero-order chi connectivity index (χ0) is 14.4. The average Bonchev–Trinajstić information content (AvgIpc) is 3.10. The third-order valence-corrected chi connectivity index (χ3v) is 4.57. The van der Waals surface area contributed by atoms with Gasteiger partial charge in [0.15, 0.2) is 0 Å². The molecule has 0 radical (unpaired) electrons. The number of nitrogens with one attached hydrogen (secondary N) is 1. The van der Waals surface area contributed by atoms with Gasteiger partial charge in [0.1, 0.15) is 11.6 Å². The van der Waals surface area contributed by atoms with Crippen LogP contribution in [0, 0.1) is 6.92 Å². The van der Waals surface area contributed by atoms with E-state index in [-0.39, 0.29) is 0 Å². The summed E-state index contributed by atoms with van der Waals surface area (Å²) in [6, 6.07) is 0. The van der Waals surface area contributed by atoms with E-state index in [1.165, 1.54) is 36.1 Å². The number of hydrogen-bond acceptors (Lipinski definition) is 4. The summed E-state index contributed by atoms with van der Waals surface area (Å²) in [5.74, 6) is 2.82. The first-order valence-corrected chi connectivity index (χ1v) is 7.82. The third kappa shape index (κ3) is 2.30. The molecule has 5 heteroatoms. The smallest absolute Gasteiger partial charge is 0.135 e. The number of fused-ring (bicyclic) bond motifs is 1. The Morgan fingerprint density at radius 2 is 2.14 bits per heavy atom. The SMILES string of the molecule is Cc1[nH]ncc1CN(C)c1nc(C2CC2)nc2c1CCC2. The van der Waals surface area contributed by atoms with Crippen molar-refractivity contribution < 1.29 is 0 Å². The summed E-state index contributed by atoms with van der Waals surface area (Å²) < 4.78 is 0. The lowest BCUT2D eigenvalue weighted by Crippen LogP contribution is -2.21. The third-order valence-electron chi connectivity index (χ3n) is 4.57. The van der Waals surface area contributed by atoms with Crippen LogP contribution >= 0.6 is 0 Å². The fraction of sp³-hybridized carbons (Fsp3) is 0.562. The van der Waals surface area contributed by atoms with E-state index in [0.29, 0.717) is 5.92 Å². The first-order chi connectivity index (χ1) is 10.2. The monoisotopic (exact) mass is 283 g/mol. The van der Waals surface area contributed by atoms with Crippen LogP contribution in [-0.2, 0) is 19.4 Å². The number of nitrogens with zero attached hydrogens (tertiary/aromatic N) is 4. The Morgan fingerprint density at radius 1 is 1.29 bits per heavy atom. The van der Waals surface area contributed by atoms with Crippen molar-refractivity contribution in [1.29, 1.82) is 0 Å². The van der Waals surface area contributed by atoms with Gasteiger partial charge in [0.2, 0.25) is 0 Å². The molecule has 1 N–H and O–H groups in total. The minimum atomic E-state index is 0.610. The second-order valence-corrected chi connectivity index (χ2v) is 6.33. The van der Waals surface area contributed by atoms with E-state index in [2.05, 4.69) is 29.1 Å². The van der Waals surface area contributed by atoms with Crippen molar-refractivity contribution in [3.63, 3.8) is 0 Å². The number of anilines is 1. The van der Waals surface area contributed by atoms with Gasteiger partial charge in [-0.3, -0.25) is 5.10 Å². The molecule has 0 amide bonds. The molecule has 1 fully saturated rings. The van der Waals surface area contributed by atoms with Crippen molar-refractivity contribution in [3.8, 4) is 0 Å². The Morgan fingerprint density at radius 3 is 2.86 bits per heavy atom. The Bertz CT molecular complexity index is 671. The van der Waals surface area contributed by atoms with Gasteiger partial charge in [0.25, 0.3) is 0 Å². The predicted molar refractivity (Wildman–Crippen MR) is 81.5 cm³/mol. The molecule has 2 aliphatic carbocycles. The number of hydrogen-bond donors (Lipinski definition) is 1. The van der Waals surface area contributed by atoms with Crippen LogP contribution in [0.3, 0.4) is 0 Å². The van der Waals surface area contributed by atoms with Crippen molar-refractivity contribution in [1.82, 2.24) is 20.2 Å². The van der Waals surface area contributed by atoms with Gasteiger partial charge in [0, 0.05) is 42.0 Å². The molecule has 0 aliphatic heterocycles. The quantitative estimate of drug-likeness (QED) is 0.936. The van der Waals surface area contributed by atoms with Gasteiger partial charge in [0.05, 0.1) is 6.20 Å². The van der Waals surface area contributed by atoms with Crippen LogP contribution in [0.4, 0.5) is 5.82 Å². The molecule has 0 spiro atoms. The fourth-order valence-corrected chi connectivity index (χ4v) is 3.14. The molecule has 0 bridgehead atoms. The van der Waals surface area contributed by atoms with Crippen LogP contribution in [0.2, 0.25) is 0 Å². The topological polar surface area (TPSA) is 57.7 Å². The summed E-state index contributed by atoms with van der Waals surface area (Å²) in [4.78, 5) is 12.0. The number of aromatic amines is 1. The number of aryl methyl sites for hydroxylation is 2. The summed E-state index contributed by atoms with van der Waals surface area (Å²) in [7, 11) is 2.13. The molecule has 2 aromatic rings. The van der Waals surface area contributed by atoms with E-state index in [1.807, 2.05) is 6.20 Å². The fourth-order valence-electron chi connectivity index (χ4n) is 3.14. The van der Waals surface area contributed by atoms with E-state index in [1.54, 1.807) is 0 Å². The van der Waals surface area contributed by atoms with Gasteiger partial charge < -0.3 is 4.90 Å². The maximum Gasteiger partial charge on any atom is 0.135 e. The van der Waals surface area contributed by atoms with Gasteiger partial charge >= 0.3 is 0 Å². The molecule has 0 atom stereocenters. The van der Waals surface area contributed by atoms with Crippen LogP contribution < -0.4 is 4.90 Å². The highest BCUT2D eigenvalue weighted by atomic mass is 15.2. The van der Waals surface area contributed by atoms with Gasteiger partial charge in [-0.2, -0.15) is 5.10 Å². The van der Waals surface area contributed by atoms with Crippen molar-refractivity contribution >= 4 is 5.82 Å². The molecule has 1 saturated carbocycles. The predicted octanol–water partition coefficient (Wildman–Crippen LogP) is 2.51. The summed E-state index contributed by atoms with van der Waals surface area (Å²) in [6.07, 6.45) is 7.86. The molecule has 110 valence electrons. The molecule has 4 rings (SSSR count). The van der Waals surface area contributed by atoms with Crippen LogP contribution in [0.15, 0.2) is 6.20 Å². The van der Waals surface area contributed by atoms with E-state index in [9.17, 15) is 0 Å². The highest BCUT2D eigenvalue weighted by Gasteiger charge is 2.30. The van der Waals surface area contributed by atoms with Gasteiger partial charge in [-0.1, -0.05) is 0 Å². The summed E-state index contributed by atoms with van der Waals surface area (Å²) in [5, 5.41) is 7.12. The lowest BCUT2D eigenvalue weighted by atomic mass is 10.2. The van der Waals surface area contributed by atoms with E-state index >= 15 is 0 Å². The first-order valence-electron chi connectivity index (χ1n) is 7.82. The van der Waals surface area contributed by atoms with Crippen LogP contribution in [0.5, 0.6) is 0 Å². The van der Waals surface area contributed by atoms with Gasteiger partial charge in [-0.15, -0.1) is 0 Å². The molecule has 2 aliphatic rings. The average molecular weight is 283 g/mol. The highest BCUT2D eigenvalue weighted by Crippen LogP contribution is 2.40. The molecule has 0 aromatic carbocycles. The van der Waals surface area contributed by atoms with Crippen LogP contribution in [0.25, 0.3) is 0 Å². The number of aromatic nitrogens is 4. The summed E-state index contributed by atoms with van der Waals surface area (Å²) in [5.41, 5.74) is 5.02. The molecule has 5 nitrogen and oxygen atoms in total. The zero-order valence-corrected chi connectivity index (χ0v) is 12.7. The first kappa shape index (κ1) is 12.8. The second-order valence-electron chi connectivity index (χ2n) is 6.33. The standard InChI is InChI=1S/C16H21N5/c1-10-12(8-17-20-10)9-21(2)16-13-4-3-5-14(13)18-15(19-16)11-6-7-11/h8,11H,3-7,9H2,1-2H3,(H,17,20). The number of rotatable bonds is 4. The highest BCUT2D eigenvalue weighted by molar-refractivity contribution is 5.51. The molecule has 21 heavy (non-hydrogen) atoms. The van der Waals surface area contributed by atoms with Crippen molar-refractivity contribution in [3.05, 3.63) is 34.5 Å². The Labute approximate surface area is 124 Å². The molecule has 2 aromatic heterocycles. The van der Waals surface area contributed by atoms with Crippen molar-refractivity contribution in [2.45, 2.75) is 51.5 Å². The van der Waals surface area contributed by atoms with Crippen molar-refractivity contribution in [2.24, 2.45) is 0 Å². The molecular weight excluding hydrogens is 262 g/mol. The molecular formula is C16H21N5. The van der Waals surface area contributed by atoms with E-state index in [4.69, 9.17) is 9.97 Å². The lowest BCUT2D eigenvalue weighted by Gasteiger charge is -2.21. The van der Waals surface area contributed by atoms with Crippen LogP contribution in [0.1, 0.15) is 53.5 Å². The van der Waals surface area contributed by atoms with Crippen LogP contribution in [-0.4, -0.2) is 27.2 Å². The summed E-state index contributed by atoms with van der Waals surface area (Å²) in [6.45, 7) is 2.91. The Kier molecular flexibility index (Phi) is 2.94. The Hall–Kier alpha value is -1.91. The van der Waals surface area contributed by atoms with Gasteiger partial charge in [-0.05, 0) is 39.0 Å². The van der Waals surface area contributed by atoms with Gasteiger partial charge in [-0.25, -0.2) is 9.97 Å².